The molecule has 0 saturated heterocycles. The Bertz CT molecular complexity index is 6790. The van der Waals surface area contributed by atoms with Crippen LogP contribution in [0.2, 0.25) is 0 Å². The lowest BCUT2D eigenvalue weighted by atomic mass is 9.96. The predicted molar refractivity (Wildman–Crippen MR) is 463 cm³/mol. The number of aromatic nitrogens is 9. The predicted octanol–water partition coefficient (Wildman–Crippen LogP) is 26.1. The van der Waals surface area contributed by atoms with E-state index in [1.807, 2.05) is 55.1 Å². The van der Waals surface area contributed by atoms with Crippen molar-refractivity contribution in [3.8, 4) is 112 Å². The Balaban J connectivity index is 0.000000141. The smallest absolute Gasteiger partial charge is 0.145 e. The minimum atomic E-state index is 0.928. The fraction of sp³-hybridized carbons (Fsp3) is 0. The van der Waals surface area contributed by atoms with Crippen molar-refractivity contribution >= 4 is 87.5 Å². The molecule has 0 fully saturated rings. The van der Waals surface area contributed by atoms with Gasteiger partial charge in [0.05, 0.1) is 55.9 Å². The molecule has 0 radical (unpaired) electrons. The van der Waals surface area contributed by atoms with Gasteiger partial charge in [0.25, 0.3) is 0 Å². The van der Waals surface area contributed by atoms with Crippen molar-refractivity contribution in [2.24, 2.45) is 0 Å². The van der Waals surface area contributed by atoms with Gasteiger partial charge in [-0.05, 0) is 197 Å². The molecule has 9 heteroatoms. The molecule has 13 aromatic carbocycles. The largest absolute Gasteiger partial charge is 0.309 e. The summed E-state index contributed by atoms with van der Waals surface area (Å²) in [5.74, 6) is 0. The number of para-hydroxylation sites is 6. The van der Waals surface area contributed by atoms with E-state index in [-0.39, 0.29) is 0 Å². The van der Waals surface area contributed by atoms with Crippen molar-refractivity contribution in [3.63, 3.8) is 0 Å². The monoisotopic (exact) mass is 1430 g/mol. The molecule has 0 atom stereocenters. The van der Waals surface area contributed by atoms with Crippen molar-refractivity contribution in [1.29, 1.82) is 0 Å². The molecule has 0 aliphatic heterocycles. The van der Waals surface area contributed by atoms with Crippen molar-refractivity contribution in [2.75, 3.05) is 0 Å². The van der Waals surface area contributed by atoms with E-state index in [1.165, 1.54) is 37.9 Å². The molecule has 9 heterocycles. The summed E-state index contributed by atoms with van der Waals surface area (Å²) in [6.07, 6.45) is 7.72. The van der Waals surface area contributed by atoms with E-state index < -0.39 is 0 Å². The van der Waals surface area contributed by atoms with Gasteiger partial charge >= 0.3 is 0 Å². The van der Waals surface area contributed by atoms with E-state index in [0.29, 0.717) is 0 Å². The van der Waals surface area contributed by atoms with Crippen molar-refractivity contribution in [2.45, 2.75) is 0 Å². The molecule has 0 bridgehead atoms. The van der Waals surface area contributed by atoms with Crippen LogP contribution in [-0.4, -0.2) is 43.2 Å². The maximum atomic E-state index is 5.23. The van der Waals surface area contributed by atoms with Crippen molar-refractivity contribution < 1.29 is 0 Å². The standard InChI is InChI=1S/C52H34N4.C51H33N5/c1-4-15-35(16-5-1)39-32-47(36-17-6-2-7-18-36)54-48(33-39)38-19-14-22-42(29-38)55-49-25-12-10-23-43(49)45-30-37(27-28-51(45)55)40-31-46-44-24-11-13-26-50(44)56(52(46)53-34-40)41-20-8-3-9-21-41;1-2-14-40(15-3-1)56-49-22-7-5-18-43(49)45-32-39(33-54-51(45)56)35-23-24-50-44(31-35)42-17-4-6-21-48(42)55(50)41-16-12-13-34(30-41)36-27-37(46-19-8-10-25-52-46)29-38(28-36)47-20-9-11-26-53-47/h1-34H;1-33H. The molecule has 0 amide bonds. The molecule has 524 valence electrons. The lowest BCUT2D eigenvalue weighted by molar-refractivity contribution is 1.14. The molecular formula is C103H67N9. The Morgan fingerprint density at radius 3 is 0.973 bits per heavy atom. The van der Waals surface area contributed by atoms with Gasteiger partial charge in [0, 0.05) is 124 Å². The second-order valence-electron chi connectivity index (χ2n) is 28.4. The van der Waals surface area contributed by atoms with Gasteiger partial charge in [-0.25, -0.2) is 15.0 Å². The zero-order valence-electron chi connectivity index (χ0n) is 60.7. The summed E-state index contributed by atoms with van der Waals surface area (Å²) < 4.78 is 9.28. The maximum absolute atomic E-state index is 5.23. The minimum absolute atomic E-state index is 0.928. The quantitative estimate of drug-likeness (QED) is 0.122. The van der Waals surface area contributed by atoms with Crippen molar-refractivity contribution in [1.82, 2.24) is 43.2 Å². The van der Waals surface area contributed by atoms with Gasteiger partial charge in [-0.2, -0.15) is 0 Å². The third-order valence-corrected chi connectivity index (χ3v) is 21.8. The van der Waals surface area contributed by atoms with Gasteiger partial charge in [0.2, 0.25) is 0 Å². The van der Waals surface area contributed by atoms with Crippen LogP contribution in [0, 0.1) is 0 Å². The number of pyridine rings is 5. The van der Waals surface area contributed by atoms with Crippen molar-refractivity contribution in [3.05, 3.63) is 407 Å². The van der Waals surface area contributed by atoms with Gasteiger partial charge in [-0.3, -0.25) is 19.1 Å². The second-order valence-corrected chi connectivity index (χ2v) is 28.4. The van der Waals surface area contributed by atoms with Crippen LogP contribution in [0.15, 0.2) is 407 Å². The third kappa shape index (κ3) is 11.5. The van der Waals surface area contributed by atoms with Crippen LogP contribution in [0.5, 0.6) is 0 Å². The van der Waals surface area contributed by atoms with Crippen LogP contribution in [0.4, 0.5) is 0 Å². The lowest BCUT2D eigenvalue weighted by Gasteiger charge is -2.13. The number of benzene rings is 13. The van der Waals surface area contributed by atoms with E-state index in [0.717, 1.165) is 162 Å². The molecule has 9 aromatic heterocycles. The molecule has 0 aliphatic rings. The van der Waals surface area contributed by atoms with Gasteiger partial charge in [0.15, 0.2) is 0 Å². The van der Waals surface area contributed by atoms with Gasteiger partial charge in [-0.1, -0.05) is 218 Å². The summed E-state index contributed by atoms with van der Waals surface area (Å²) in [6, 6.07) is 135. The first-order chi connectivity index (χ1) is 55.5. The van der Waals surface area contributed by atoms with Crippen LogP contribution in [0.3, 0.4) is 0 Å². The molecule has 22 aromatic rings. The number of hydrogen-bond donors (Lipinski definition) is 0. The number of rotatable bonds is 12. The molecule has 0 aliphatic carbocycles. The van der Waals surface area contributed by atoms with Crippen LogP contribution < -0.4 is 0 Å². The Morgan fingerprint density at radius 1 is 0.161 bits per heavy atom. The normalized spacial score (nSPS) is 11.6. The summed E-state index contributed by atoms with van der Waals surface area (Å²) in [5.41, 5.74) is 30.2. The zero-order valence-corrected chi connectivity index (χ0v) is 60.7. The molecule has 0 spiro atoms. The first kappa shape index (κ1) is 65.1. The van der Waals surface area contributed by atoms with E-state index in [4.69, 9.17) is 15.0 Å². The number of fused-ring (bicyclic) bond motifs is 12. The van der Waals surface area contributed by atoms with Crippen LogP contribution >= 0.6 is 0 Å². The average Bonchev–Trinajstić information content (AvgIpc) is 1.59. The second kappa shape index (κ2) is 27.5. The molecule has 0 unspecified atom stereocenters. The highest BCUT2D eigenvalue weighted by molar-refractivity contribution is 6.14. The maximum Gasteiger partial charge on any atom is 0.145 e. The summed E-state index contributed by atoms with van der Waals surface area (Å²) in [6.45, 7) is 0. The van der Waals surface area contributed by atoms with E-state index >= 15 is 0 Å². The van der Waals surface area contributed by atoms with Crippen LogP contribution in [-0.2, 0) is 0 Å². The number of hydrogen-bond acceptors (Lipinski definition) is 5. The summed E-state index contributed by atoms with van der Waals surface area (Å²) in [4.78, 5) is 24.8. The highest BCUT2D eigenvalue weighted by atomic mass is 15.1. The molecule has 112 heavy (non-hydrogen) atoms. The Hall–Kier alpha value is -15.2. The fourth-order valence-electron chi connectivity index (χ4n) is 16.6. The molecule has 0 N–H and O–H groups in total. The minimum Gasteiger partial charge on any atom is -0.309 e. The molecule has 9 nitrogen and oxygen atoms in total. The summed E-state index contributed by atoms with van der Waals surface area (Å²) in [7, 11) is 0. The molecular weight excluding hydrogens is 1360 g/mol. The average molecular weight is 1430 g/mol. The highest BCUT2D eigenvalue weighted by Gasteiger charge is 2.22. The zero-order chi connectivity index (χ0) is 74.0. The topological polar surface area (TPSA) is 84.2 Å². The third-order valence-electron chi connectivity index (χ3n) is 21.8. The Kier molecular flexibility index (Phi) is 16.0. The lowest BCUT2D eigenvalue weighted by Crippen LogP contribution is -1.96. The number of nitrogens with zero attached hydrogens (tertiary/aromatic N) is 9. The summed E-state index contributed by atoms with van der Waals surface area (Å²) in [5, 5.41) is 9.48. The van der Waals surface area contributed by atoms with Crippen LogP contribution in [0.1, 0.15) is 0 Å². The van der Waals surface area contributed by atoms with Gasteiger partial charge < -0.3 is 9.13 Å². The van der Waals surface area contributed by atoms with E-state index in [9.17, 15) is 0 Å². The van der Waals surface area contributed by atoms with Crippen LogP contribution in [0.25, 0.3) is 200 Å². The first-order valence-electron chi connectivity index (χ1n) is 37.8. The van der Waals surface area contributed by atoms with Gasteiger partial charge in [-0.15, -0.1) is 0 Å². The van der Waals surface area contributed by atoms with E-state index in [2.05, 4.69) is 380 Å². The van der Waals surface area contributed by atoms with E-state index in [1.54, 1.807) is 0 Å². The Morgan fingerprint density at radius 2 is 0.500 bits per heavy atom. The molecule has 22 rings (SSSR count). The SMILES string of the molecule is c1ccc(-c2cc(-c3ccccc3)nc(-c3cccc(-n4c5ccccc5c5cc(-c6cnc7c(c6)c6ccccc6n7-c6ccccc6)ccc54)c3)c2)cc1.c1ccc(-n2c3ccccc3c3cc(-c4ccc5c(c4)c4ccccc4n5-c4cccc(-c5cc(-c6ccccn6)cc(-c6ccccn6)c5)c4)cnc32)cc1. The Labute approximate surface area is 645 Å². The highest BCUT2D eigenvalue weighted by Crippen LogP contribution is 2.43. The van der Waals surface area contributed by atoms with Gasteiger partial charge in [0.1, 0.15) is 11.3 Å². The fourth-order valence-corrected chi connectivity index (χ4v) is 16.6. The summed E-state index contributed by atoms with van der Waals surface area (Å²) >= 11 is 0. The molecule has 0 saturated carbocycles. The first-order valence-corrected chi connectivity index (χ1v) is 37.8.